The fraction of sp³-hybridized carbons (Fsp3) is 0.333. The number of carbonyl (C=O) groups is 2. The van der Waals surface area contributed by atoms with Crippen LogP contribution in [0.15, 0.2) is 42.5 Å². The molecule has 0 fully saturated rings. The number of likely N-dealkylation sites (N-methyl/N-ethyl adjacent to an activating group) is 1. The number of nitrogens with one attached hydrogen (secondary N) is 1. The summed E-state index contributed by atoms with van der Waals surface area (Å²) in [5.74, 6) is -0.314. The van der Waals surface area contributed by atoms with E-state index in [9.17, 15) is 14.0 Å². The van der Waals surface area contributed by atoms with Gasteiger partial charge in [0.2, 0.25) is 11.8 Å². The minimum absolute atomic E-state index is 0.0229. The van der Waals surface area contributed by atoms with E-state index in [1.165, 1.54) is 6.07 Å². The lowest BCUT2D eigenvalue weighted by Crippen LogP contribution is -2.33. The van der Waals surface area contributed by atoms with Gasteiger partial charge in [-0.15, -0.1) is 0 Å². The zero-order chi connectivity index (χ0) is 20.1. The van der Waals surface area contributed by atoms with E-state index < -0.39 is 5.82 Å². The Balaban J connectivity index is 1.46. The minimum Gasteiger partial charge on any atom is -0.489 e. The smallest absolute Gasteiger partial charge is 0.238 e. The second-order valence-electron chi connectivity index (χ2n) is 6.83. The third kappa shape index (κ3) is 4.86. The fourth-order valence-electron chi connectivity index (χ4n) is 3.20. The predicted octanol–water partition coefficient (Wildman–Crippen LogP) is 2.68. The Morgan fingerprint density at radius 3 is 2.79 bits per heavy atom. The monoisotopic (exact) mass is 385 g/mol. The van der Waals surface area contributed by atoms with Crippen LogP contribution >= 0.6 is 0 Å². The summed E-state index contributed by atoms with van der Waals surface area (Å²) in [6, 6.07) is 11.8. The van der Waals surface area contributed by atoms with Crippen molar-refractivity contribution in [2.45, 2.75) is 13.3 Å². The summed E-state index contributed by atoms with van der Waals surface area (Å²) in [5.41, 5.74) is 2.68. The largest absolute Gasteiger partial charge is 0.489 e. The highest BCUT2D eigenvalue weighted by Gasteiger charge is 2.22. The van der Waals surface area contributed by atoms with Gasteiger partial charge in [0.25, 0.3) is 0 Å². The van der Waals surface area contributed by atoms with Crippen LogP contribution in [0.1, 0.15) is 12.5 Å². The molecular weight excluding hydrogens is 361 g/mol. The lowest BCUT2D eigenvalue weighted by molar-refractivity contribution is -0.117. The molecule has 1 aliphatic heterocycles. The van der Waals surface area contributed by atoms with Gasteiger partial charge in [-0.3, -0.25) is 14.5 Å². The first kappa shape index (κ1) is 19.8. The molecule has 3 rings (SSSR count). The summed E-state index contributed by atoms with van der Waals surface area (Å²) >= 11 is 0. The zero-order valence-corrected chi connectivity index (χ0v) is 16.1. The number of ether oxygens (including phenoxy) is 1. The number of hydrogen-bond acceptors (Lipinski definition) is 4. The van der Waals surface area contributed by atoms with Crippen molar-refractivity contribution in [2.24, 2.45) is 0 Å². The van der Waals surface area contributed by atoms with Crippen molar-refractivity contribution >= 4 is 23.2 Å². The molecule has 7 heteroatoms. The molecule has 0 radical (unpaired) electrons. The van der Waals surface area contributed by atoms with E-state index in [1.807, 2.05) is 12.1 Å². The number of fused-ring (bicyclic) bond motifs is 1. The highest BCUT2D eigenvalue weighted by molar-refractivity contribution is 5.96. The van der Waals surface area contributed by atoms with Crippen LogP contribution in [0.3, 0.4) is 0 Å². The summed E-state index contributed by atoms with van der Waals surface area (Å²) in [4.78, 5) is 27.4. The van der Waals surface area contributed by atoms with Gasteiger partial charge >= 0.3 is 0 Å². The number of halogens is 1. The maximum absolute atomic E-state index is 13.5. The number of anilines is 2. The average Bonchev–Trinajstić information content (AvgIpc) is 3.06. The van der Waals surface area contributed by atoms with E-state index in [2.05, 4.69) is 5.32 Å². The molecule has 0 atom stereocenters. The minimum atomic E-state index is -0.400. The second kappa shape index (κ2) is 8.84. The summed E-state index contributed by atoms with van der Waals surface area (Å²) in [6.45, 7) is 3.19. The van der Waals surface area contributed by atoms with Crippen molar-refractivity contribution < 1.29 is 18.7 Å². The number of benzene rings is 2. The predicted molar refractivity (Wildman–Crippen MR) is 106 cm³/mol. The summed E-state index contributed by atoms with van der Waals surface area (Å²) in [7, 11) is 1.80. The number of rotatable bonds is 7. The van der Waals surface area contributed by atoms with Crippen LogP contribution in [-0.4, -0.2) is 50.0 Å². The number of hydrogen-bond donors (Lipinski definition) is 1. The molecule has 0 saturated carbocycles. The molecule has 0 spiro atoms. The van der Waals surface area contributed by atoms with Crippen molar-refractivity contribution in [1.29, 1.82) is 0 Å². The van der Waals surface area contributed by atoms with E-state index in [1.54, 1.807) is 48.0 Å². The molecule has 1 heterocycles. The van der Waals surface area contributed by atoms with Crippen molar-refractivity contribution in [3.63, 3.8) is 0 Å². The van der Waals surface area contributed by atoms with Crippen LogP contribution in [0.2, 0.25) is 0 Å². The molecule has 2 amide bonds. The molecule has 0 aliphatic carbocycles. The summed E-state index contributed by atoms with van der Waals surface area (Å²) in [5, 5.41) is 2.88. The Kier molecular flexibility index (Phi) is 6.26. The average molecular weight is 385 g/mol. The molecule has 2 aromatic carbocycles. The van der Waals surface area contributed by atoms with Crippen LogP contribution < -0.4 is 15.0 Å². The SMILES string of the molecule is CC(=O)N1CCc2cc(NC(=O)CN(C)CCOc3ccccc3F)ccc21. The molecule has 2 aromatic rings. The molecule has 0 saturated heterocycles. The molecular formula is C21H24FN3O3. The fourth-order valence-corrected chi connectivity index (χ4v) is 3.20. The first-order valence-electron chi connectivity index (χ1n) is 9.21. The summed E-state index contributed by atoms with van der Waals surface area (Å²) in [6.07, 6.45) is 0.784. The molecule has 0 bridgehead atoms. The lowest BCUT2D eigenvalue weighted by Gasteiger charge is -2.17. The van der Waals surface area contributed by atoms with Crippen molar-refractivity contribution in [1.82, 2.24) is 4.90 Å². The molecule has 6 nitrogen and oxygen atoms in total. The van der Waals surface area contributed by atoms with Crippen LogP contribution in [0.4, 0.5) is 15.8 Å². The van der Waals surface area contributed by atoms with Gasteiger partial charge in [0.1, 0.15) is 6.61 Å². The number of nitrogens with zero attached hydrogens (tertiary/aromatic N) is 2. The van der Waals surface area contributed by atoms with Crippen LogP contribution in [-0.2, 0) is 16.0 Å². The Morgan fingerprint density at radius 2 is 2.04 bits per heavy atom. The normalized spacial score (nSPS) is 12.8. The maximum atomic E-state index is 13.5. The standard InChI is InChI=1S/C21H24FN3O3/c1-15(26)25-10-9-16-13-17(7-8-19(16)25)23-21(27)14-24(2)11-12-28-20-6-4-3-5-18(20)22/h3-8,13H,9-12,14H2,1-2H3,(H,23,27). The van der Waals surface area contributed by atoms with Gasteiger partial charge in [0, 0.05) is 31.4 Å². The van der Waals surface area contributed by atoms with Gasteiger partial charge in [0.05, 0.1) is 6.54 Å². The number of amides is 2. The van der Waals surface area contributed by atoms with Gasteiger partial charge in [-0.25, -0.2) is 4.39 Å². The van der Waals surface area contributed by atoms with Crippen molar-refractivity contribution in [3.8, 4) is 5.75 Å². The van der Waals surface area contributed by atoms with Gasteiger partial charge < -0.3 is 15.0 Å². The molecule has 1 aliphatic rings. The lowest BCUT2D eigenvalue weighted by atomic mass is 10.1. The molecule has 0 unspecified atom stereocenters. The Hall–Kier alpha value is -2.93. The van der Waals surface area contributed by atoms with E-state index in [0.717, 1.165) is 17.7 Å². The number of para-hydroxylation sites is 1. The van der Waals surface area contributed by atoms with Crippen LogP contribution in [0, 0.1) is 5.82 Å². The maximum Gasteiger partial charge on any atom is 0.238 e. The summed E-state index contributed by atoms with van der Waals surface area (Å²) < 4.78 is 18.9. The molecule has 148 valence electrons. The molecule has 28 heavy (non-hydrogen) atoms. The van der Waals surface area contributed by atoms with E-state index in [-0.39, 0.29) is 30.7 Å². The zero-order valence-electron chi connectivity index (χ0n) is 16.1. The first-order chi connectivity index (χ1) is 13.4. The van der Waals surface area contributed by atoms with Gasteiger partial charge in [-0.2, -0.15) is 0 Å². The topological polar surface area (TPSA) is 61.9 Å². The van der Waals surface area contributed by atoms with Gasteiger partial charge in [-0.1, -0.05) is 12.1 Å². The third-order valence-corrected chi connectivity index (χ3v) is 4.62. The Morgan fingerprint density at radius 1 is 1.25 bits per heavy atom. The highest BCUT2D eigenvalue weighted by Crippen LogP contribution is 2.30. The van der Waals surface area contributed by atoms with Crippen molar-refractivity contribution in [2.75, 3.05) is 43.5 Å². The molecule has 1 N–H and O–H groups in total. The van der Waals surface area contributed by atoms with Crippen LogP contribution in [0.5, 0.6) is 5.75 Å². The van der Waals surface area contributed by atoms with E-state index in [0.29, 0.717) is 18.8 Å². The van der Waals surface area contributed by atoms with Crippen LogP contribution in [0.25, 0.3) is 0 Å². The second-order valence-corrected chi connectivity index (χ2v) is 6.83. The third-order valence-electron chi connectivity index (χ3n) is 4.62. The van der Waals surface area contributed by atoms with E-state index >= 15 is 0 Å². The van der Waals surface area contributed by atoms with E-state index in [4.69, 9.17) is 4.74 Å². The highest BCUT2D eigenvalue weighted by atomic mass is 19.1. The molecule has 0 aromatic heterocycles. The number of carbonyl (C=O) groups excluding carboxylic acids is 2. The van der Waals surface area contributed by atoms with Gasteiger partial charge in [0.15, 0.2) is 11.6 Å². The quantitative estimate of drug-likeness (QED) is 0.796. The first-order valence-corrected chi connectivity index (χ1v) is 9.21. The van der Waals surface area contributed by atoms with Crippen molar-refractivity contribution in [3.05, 3.63) is 53.8 Å². The Labute approximate surface area is 163 Å². The van der Waals surface area contributed by atoms with Gasteiger partial charge in [-0.05, 0) is 49.4 Å². The Bertz CT molecular complexity index is 872.